The van der Waals surface area contributed by atoms with Gasteiger partial charge >= 0.3 is 0 Å². The maximum atomic E-state index is 13.3. The Morgan fingerprint density at radius 1 is 1.09 bits per heavy atom. The van der Waals surface area contributed by atoms with Gasteiger partial charge in [-0.25, -0.2) is 4.68 Å². The third-order valence-electron chi connectivity index (χ3n) is 5.94. The van der Waals surface area contributed by atoms with Crippen molar-refractivity contribution in [3.63, 3.8) is 0 Å². The molecule has 0 aliphatic rings. The van der Waals surface area contributed by atoms with Gasteiger partial charge in [-0.3, -0.25) is 4.79 Å². The molecule has 35 heavy (non-hydrogen) atoms. The van der Waals surface area contributed by atoms with E-state index in [1.807, 2.05) is 74.5 Å². The van der Waals surface area contributed by atoms with Crippen LogP contribution in [0.1, 0.15) is 32.7 Å². The fraction of sp³-hybridized carbons (Fsp3) is 0.107. The molecular weight excluding hydrogens is 438 g/mol. The van der Waals surface area contributed by atoms with E-state index in [0.29, 0.717) is 17.0 Å². The van der Waals surface area contributed by atoms with Gasteiger partial charge in [0.05, 0.1) is 35.6 Å². The number of nitrogens with zero attached hydrogens (tertiary/aromatic N) is 3. The van der Waals surface area contributed by atoms with Gasteiger partial charge in [0.2, 0.25) is 5.78 Å². The molecule has 0 unspecified atom stereocenters. The Balaban J connectivity index is 1.44. The van der Waals surface area contributed by atoms with E-state index in [0.717, 1.165) is 39.0 Å². The molecule has 0 bridgehead atoms. The van der Waals surface area contributed by atoms with Crippen molar-refractivity contribution in [2.75, 3.05) is 5.73 Å². The molecule has 2 heterocycles. The van der Waals surface area contributed by atoms with Gasteiger partial charge in [-0.1, -0.05) is 24.3 Å². The fourth-order valence-electron chi connectivity index (χ4n) is 4.19. The number of carbonyl (C=O) groups excluding carboxylic acids is 1. The third-order valence-corrected chi connectivity index (χ3v) is 5.94. The number of aryl methyl sites for hydroxylation is 2. The first-order valence-electron chi connectivity index (χ1n) is 11.2. The number of anilines is 1. The number of H-pyrrole nitrogens is 1. The van der Waals surface area contributed by atoms with E-state index >= 15 is 0 Å². The quantitative estimate of drug-likeness (QED) is 0.318. The van der Waals surface area contributed by atoms with Crippen LogP contribution in [-0.2, 0) is 6.42 Å². The van der Waals surface area contributed by atoms with Crippen molar-refractivity contribution < 1.29 is 9.53 Å². The predicted octanol–water partition coefficient (Wildman–Crippen LogP) is 5.64. The second-order valence-corrected chi connectivity index (χ2v) is 8.45. The lowest BCUT2D eigenvalue weighted by molar-refractivity contribution is 0.103. The van der Waals surface area contributed by atoms with Crippen LogP contribution in [0.15, 0.2) is 72.9 Å². The van der Waals surface area contributed by atoms with Crippen LogP contribution in [0.3, 0.4) is 0 Å². The highest BCUT2D eigenvalue weighted by Gasteiger charge is 2.21. The number of nitrogen functional groups attached to an aromatic ring is 1. The van der Waals surface area contributed by atoms with Crippen LogP contribution in [0.25, 0.3) is 16.6 Å². The van der Waals surface area contributed by atoms with Crippen LogP contribution in [-0.4, -0.2) is 20.5 Å². The number of benzene rings is 3. The summed E-state index contributed by atoms with van der Waals surface area (Å²) >= 11 is 0. The first kappa shape index (κ1) is 22.0. The minimum atomic E-state index is -0.259. The number of ether oxygens (including phenoxy) is 1. The lowest BCUT2D eigenvalue weighted by Crippen LogP contribution is -2.08. The van der Waals surface area contributed by atoms with Crippen molar-refractivity contribution >= 4 is 22.5 Å². The van der Waals surface area contributed by atoms with E-state index in [1.165, 1.54) is 6.20 Å². The fourth-order valence-corrected chi connectivity index (χ4v) is 4.19. The summed E-state index contributed by atoms with van der Waals surface area (Å²) in [6.45, 7) is 3.96. The Kier molecular flexibility index (Phi) is 5.55. The maximum absolute atomic E-state index is 13.3. The zero-order valence-electron chi connectivity index (χ0n) is 19.4. The van der Waals surface area contributed by atoms with Gasteiger partial charge in [-0.05, 0) is 73.0 Å². The summed E-state index contributed by atoms with van der Waals surface area (Å²) in [4.78, 5) is 16.4. The zero-order chi connectivity index (χ0) is 24.5. The van der Waals surface area contributed by atoms with Gasteiger partial charge in [0.15, 0.2) is 0 Å². The molecule has 0 amide bonds. The number of aromatic nitrogens is 3. The molecule has 0 aliphatic heterocycles. The predicted molar refractivity (Wildman–Crippen MR) is 135 cm³/mol. The Hall–Kier alpha value is -4.83. The Bertz CT molecular complexity index is 1620. The van der Waals surface area contributed by atoms with Gasteiger partial charge in [0.25, 0.3) is 0 Å². The number of fused-ring (bicyclic) bond motifs is 1. The molecule has 0 saturated heterocycles. The average Bonchev–Trinajstić information content (AvgIpc) is 3.44. The molecular formula is C28H23N5O2. The van der Waals surface area contributed by atoms with Crippen molar-refractivity contribution in [1.29, 1.82) is 5.26 Å². The second kappa shape index (κ2) is 8.84. The number of ketones is 1. The zero-order valence-corrected chi connectivity index (χ0v) is 19.4. The van der Waals surface area contributed by atoms with Crippen molar-refractivity contribution in [2.45, 2.75) is 20.3 Å². The van der Waals surface area contributed by atoms with E-state index in [4.69, 9.17) is 15.7 Å². The molecule has 5 rings (SSSR count). The highest BCUT2D eigenvalue weighted by Crippen LogP contribution is 2.29. The van der Waals surface area contributed by atoms with Crippen molar-refractivity contribution in [3.8, 4) is 23.3 Å². The topological polar surface area (TPSA) is 110 Å². The van der Waals surface area contributed by atoms with Crippen LogP contribution < -0.4 is 10.5 Å². The lowest BCUT2D eigenvalue weighted by Gasteiger charge is -2.12. The number of carbonyl (C=O) groups is 1. The normalized spacial score (nSPS) is 10.9. The Labute approximate surface area is 202 Å². The van der Waals surface area contributed by atoms with Gasteiger partial charge in [-0.15, -0.1) is 0 Å². The van der Waals surface area contributed by atoms with E-state index in [1.54, 1.807) is 10.7 Å². The molecule has 0 fully saturated rings. The molecule has 3 N–H and O–H groups in total. The number of nitrogens with one attached hydrogen (secondary N) is 1. The first-order chi connectivity index (χ1) is 16.9. The van der Waals surface area contributed by atoms with Crippen LogP contribution in [0.4, 0.5) is 5.82 Å². The van der Waals surface area contributed by atoms with Gasteiger partial charge in [-0.2, -0.15) is 10.4 Å². The molecule has 5 aromatic rings. The van der Waals surface area contributed by atoms with Crippen LogP contribution in [0.5, 0.6) is 11.5 Å². The second-order valence-electron chi connectivity index (χ2n) is 8.45. The third kappa shape index (κ3) is 4.13. The summed E-state index contributed by atoms with van der Waals surface area (Å²) in [5.41, 5.74) is 11.5. The molecule has 7 heteroatoms. The SMILES string of the molecule is Cc1cccc(Oc2ccc(-n3ncc(C(=O)c4cc5c(CC#N)cccc5[nH]4)c3N)c(C)c2)c1. The number of aromatic amines is 1. The number of rotatable bonds is 6. The van der Waals surface area contributed by atoms with Gasteiger partial charge < -0.3 is 15.5 Å². The van der Waals surface area contributed by atoms with Gasteiger partial charge in [0, 0.05) is 10.9 Å². The molecule has 3 aromatic carbocycles. The number of hydrogen-bond acceptors (Lipinski definition) is 5. The summed E-state index contributed by atoms with van der Waals surface area (Å²) < 4.78 is 7.54. The molecule has 172 valence electrons. The summed E-state index contributed by atoms with van der Waals surface area (Å²) in [6.07, 6.45) is 1.75. The standard InChI is InChI=1S/C28H23N5O2/c1-17-5-3-7-20(13-17)35-21-9-10-26(18(2)14-21)33-28(30)23(16-31-33)27(34)25-15-22-19(11-12-29)6-4-8-24(22)32-25/h3-10,13-16,32H,11,30H2,1-2H3. The lowest BCUT2D eigenvalue weighted by atomic mass is 10.1. The monoisotopic (exact) mass is 461 g/mol. The summed E-state index contributed by atoms with van der Waals surface area (Å²) in [7, 11) is 0. The van der Waals surface area contributed by atoms with Crippen LogP contribution in [0.2, 0.25) is 0 Å². The molecule has 7 nitrogen and oxygen atoms in total. The highest BCUT2D eigenvalue weighted by molar-refractivity contribution is 6.12. The number of nitriles is 1. The van der Waals surface area contributed by atoms with Crippen LogP contribution >= 0.6 is 0 Å². The smallest absolute Gasteiger partial charge is 0.214 e. The maximum Gasteiger partial charge on any atom is 0.214 e. The summed E-state index contributed by atoms with van der Waals surface area (Å²) in [6, 6.07) is 23.0. The molecule has 0 atom stereocenters. The van der Waals surface area contributed by atoms with Crippen molar-refractivity contribution in [3.05, 3.63) is 101 Å². The molecule has 2 aromatic heterocycles. The molecule has 0 saturated carbocycles. The first-order valence-corrected chi connectivity index (χ1v) is 11.2. The minimum absolute atomic E-state index is 0.251. The summed E-state index contributed by atoms with van der Waals surface area (Å²) in [5.74, 6) is 1.45. The van der Waals surface area contributed by atoms with Gasteiger partial charge in [0.1, 0.15) is 17.3 Å². The van der Waals surface area contributed by atoms with Crippen molar-refractivity contribution in [1.82, 2.24) is 14.8 Å². The largest absolute Gasteiger partial charge is 0.457 e. The van der Waals surface area contributed by atoms with E-state index in [9.17, 15) is 4.79 Å². The minimum Gasteiger partial charge on any atom is -0.457 e. The van der Waals surface area contributed by atoms with Crippen molar-refractivity contribution in [2.24, 2.45) is 0 Å². The number of hydrogen-bond donors (Lipinski definition) is 2. The van der Waals surface area contributed by atoms with E-state index in [2.05, 4.69) is 16.2 Å². The Morgan fingerprint density at radius 2 is 1.89 bits per heavy atom. The molecule has 0 radical (unpaired) electrons. The highest BCUT2D eigenvalue weighted by atomic mass is 16.5. The summed E-state index contributed by atoms with van der Waals surface area (Å²) in [5, 5.41) is 14.3. The van der Waals surface area contributed by atoms with E-state index < -0.39 is 0 Å². The Morgan fingerprint density at radius 3 is 2.66 bits per heavy atom. The van der Waals surface area contributed by atoms with Crippen LogP contribution in [0, 0.1) is 25.2 Å². The number of nitrogens with two attached hydrogens (primary N) is 1. The molecule has 0 spiro atoms. The average molecular weight is 462 g/mol. The molecule has 0 aliphatic carbocycles. The van der Waals surface area contributed by atoms with E-state index in [-0.39, 0.29) is 18.0 Å².